The molecule has 0 radical (unpaired) electrons. The Labute approximate surface area is 104 Å². The normalized spacial score (nSPS) is 10.8. The molecule has 0 bridgehead atoms. The minimum Gasteiger partial charge on any atom is -0.356 e. The second kappa shape index (κ2) is 5.73. The van der Waals surface area contributed by atoms with Crippen LogP contribution in [0.25, 0.3) is 11.3 Å². The molecule has 0 atom stereocenters. The van der Waals surface area contributed by atoms with Gasteiger partial charge < -0.3 is 9.84 Å². The van der Waals surface area contributed by atoms with Crippen LogP contribution in [-0.2, 0) is 6.54 Å². The third-order valence-corrected chi connectivity index (χ3v) is 2.44. The largest absolute Gasteiger partial charge is 0.356 e. The third kappa shape index (κ3) is 3.13. The predicted molar refractivity (Wildman–Crippen MR) is 63.9 cm³/mol. The first-order valence-corrected chi connectivity index (χ1v) is 5.82. The van der Waals surface area contributed by atoms with Gasteiger partial charge in [-0.05, 0) is 25.1 Å². The van der Waals surface area contributed by atoms with Gasteiger partial charge in [0.05, 0.1) is 5.69 Å². The number of aromatic nitrogens is 1. The number of nitrogens with one attached hydrogen (secondary N) is 1. The van der Waals surface area contributed by atoms with Crippen LogP contribution in [0.5, 0.6) is 0 Å². The summed E-state index contributed by atoms with van der Waals surface area (Å²) in [6.07, 6.45) is 1.03. The number of nitrogens with zero attached hydrogens (tertiary/aromatic N) is 1. The van der Waals surface area contributed by atoms with Gasteiger partial charge in [-0.15, -0.1) is 0 Å². The van der Waals surface area contributed by atoms with Gasteiger partial charge >= 0.3 is 0 Å². The van der Waals surface area contributed by atoms with Crippen LogP contribution in [0, 0.1) is 11.6 Å². The van der Waals surface area contributed by atoms with Crippen molar-refractivity contribution in [3.8, 4) is 11.3 Å². The molecule has 0 spiro atoms. The van der Waals surface area contributed by atoms with Crippen molar-refractivity contribution in [1.29, 1.82) is 0 Å². The highest BCUT2D eigenvalue weighted by molar-refractivity contribution is 5.57. The zero-order valence-corrected chi connectivity index (χ0v) is 10.0. The van der Waals surface area contributed by atoms with Gasteiger partial charge in [-0.1, -0.05) is 12.1 Å². The Bertz CT molecular complexity index is 505. The summed E-state index contributed by atoms with van der Waals surface area (Å²) in [6, 6.07) is 4.93. The maximum Gasteiger partial charge on any atom is 0.167 e. The molecule has 1 aromatic heterocycles. The summed E-state index contributed by atoms with van der Waals surface area (Å²) in [5.41, 5.74) is 1.06. The van der Waals surface area contributed by atoms with Crippen molar-refractivity contribution in [2.24, 2.45) is 0 Å². The van der Waals surface area contributed by atoms with Crippen molar-refractivity contribution < 1.29 is 13.3 Å². The summed E-state index contributed by atoms with van der Waals surface area (Å²) in [5, 5.41) is 7.01. The van der Waals surface area contributed by atoms with E-state index in [0.29, 0.717) is 23.6 Å². The molecule has 5 heteroatoms. The maximum absolute atomic E-state index is 13.1. The zero-order chi connectivity index (χ0) is 13.0. The smallest absolute Gasteiger partial charge is 0.167 e. The molecule has 18 heavy (non-hydrogen) atoms. The quantitative estimate of drug-likeness (QED) is 0.831. The van der Waals surface area contributed by atoms with Gasteiger partial charge in [0.15, 0.2) is 5.76 Å². The number of hydrogen-bond acceptors (Lipinski definition) is 3. The van der Waals surface area contributed by atoms with Gasteiger partial charge in [-0.3, -0.25) is 0 Å². The van der Waals surface area contributed by atoms with Crippen LogP contribution in [0.3, 0.4) is 0 Å². The first-order chi connectivity index (χ1) is 8.69. The first-order valence-electron chi connectivity index (χ1n) is 5.82. The van der Waals surface area contributed by atoms with E-state index in [2.05, 4.69) is 17.4 Å². The van der Waals surface area contributed by atoms with Crippen LogP contribution < -0.4 is 5.32 Å². The van der Waals surface area contributed by atoms with E-state index in [1.165, 1.54) is 12.1 Å². The fourth-order valence-electron chi connectivity index (χ4n) is 1.62. The lowest BCUT2D eigenvalue weighted by molar-refractivity contribution is 0.419. The molecular formula is C13H14F2N2O. The molecule has 2 aromatic rings. The van der Waals surface area contributed by atoms with E-state index in [9.17, 15) is 8.78 Å². The Morgan fingerprint density at radius 2 is 1.89 bits per heavy atom. The van der Waals surface area contributed by atoms with Crippen molar-refractivity contribution in [3.05, 3.63) is 41.6 Å². The molecule has 0 aliphatic heterocycles. The highest BCUT2D eigenvalue weighted by Gasteiger charge is 2.09. The molecule has 0 aliphatic rings. The minimum absolute atomic E-state index is 0.349. The maximum atomic E-state index is 13.1. The summed E-state index contributed by atoms with van der Waals surface area (Å²) in [6.45, 7) is 3.53. The lowest BCUT2D eigenvalue weighted by Gasteiger charge is -1.97. The second-order valence-corrected chi connectivity index (χ2v) is 4.02. The minimum atomic E-state index is -0.632. The lowest BCUT2D eigenvalue weighted by Crippen LogP contribution is -2.13. The molecule has 1 N–H and O–H groups in total. The van der Waals surface area contributed by atoms with E-state index < -0.39 is 11.6 Å². The Morgan fingerprint density at radius 3 is 2.56 bits per heavy atom. The third-order valence-electron chi connectivity index (χ3n) is 2.44. The predicted octanol–water partition coefficient (Wildman–Crippen LogP) is 3.12. The standard InChI is InChI=1S/C13H14F2N2O/c1-2-3-16-8-12-7-13(18-17-12)9-4-10(14)6-11(15)5-9/h4-7,16H,2-3,8H2,1H3. The number of halogens is 2. The highest BCUT2D eigenvalue weighted by atomic mass is 19.1. The molecule has 0 fully saturated rings. The zero-order valence-electron chi connectivity index (χ0n) is 10.0. The molecular weight excluding hydrogens is 238 g/mol. The molecule has 3 nitrogen and oxygen atoms in total. The van der Waals surface area contributed by atoms with E-state index in [1.54, 1.807) is 6.07 Å². The number of hydrogen-bond donors (Lipinski definition) is 1. The summed E-state index contributed by atoms with van der Waals surface area (Å²) in [7, 11) is 0. The van der Waals surface area contributed by atoms with Crippen LogP contribution in [-0.4, -0.2) is 11.7 Å². The van der Waals surface area contributed by atoms with Gasteiger partial charge in [0.2, 0.25) is 0 Å². The van der Waals surface area contributed by atoms with Gasteiger partial charge in [-0.2, -0.15) is 0 Å². The van der Waals surface area contributed by atoms with Gasteiger partial charge in [0, 0.05) is 24.2 Å². The molecule has 96 valence electrons. The lowest BCUT2D eigenvalue weighted by atomic mass is 10.1. The van der Waals surface area contributed by atoms with Crippen LogP contribution in [0.15, 0.2) is 28.8 Å². The van der Waals surface area contributed by atoms with Gasteiger partial charge in [0.1, 0.15) is 11.6 Å². The Balaban J connectivity index is 2.13. The fourth-order valence-corrected chi connectivity index (χ4v) is 1.62. The van der Waals surface area contributed by atoms with E-state index in [-0.39, 0.29) is 0 Å². The Kier molecular flexibility index (Phi) is 4.04. The van der Waals surface area contributed by atoms with Crippen LogP contribution in [0.4, 0.5) is 8.78 Å². The van der Waals surface area contributed by atoms with Crippen molar-refractivity contribution in [2.45, 2.75) is 19.9 Å². The average Bonchev–Trinajstić information content (AvgIpc) is 2.77. The molecule has 0 saturated carbocycles. The Morgan fingerprint density at radius 1 is 1.17 bits per heavy atom. The number of rotatable bonds is 5. The van der Waals surface area contributed by atoms with Crippen LogP contribution >= 0.6 is 0 Å². The molecule has 2 rings (SSSR count). The number of benzene rings is 1. The van der Waals surface area contributed by atoms with E-state index in [0.717, 1.165) is 19.0 Å². The molecule has 0 aliphatic carbocycles. The van der Waals surface area contributed by atoms with E-state index >= 15 is 0 Å². The summed E-state index contributed by atoms with van der Waals surface area (Å²) < 4.78 is 31.2. The molecule has 0 unspecified atom stereocenters. The molecule has 0 saturated heterocycles. The Hall–Kier alpha value is -1.75. The van der Waals surface area contributed by atoms with Gasteiger partial charge in [0.25, 0.3) is 0 Å². The molecule has 1 aromatic carbocycles. The van der Waals surface area contributed by atoms with Crippen molar-refractivity contribution >= 4 is 0 Å². The van der Waals surface area contributed by atoms with Crippen molar-refractivity contribution in [1.82, 2.24) is 10.5 Å². The van der Waals surface area contributed by atoms with E-state index in [4.69, 9.17) is 4.52 Å². The van der Waals surface area contributed by atoms with E-state index in [1.807, 2.05) is 0 Å². The topological polar surface area (TPSA) is 38.1 Å². The first kappa shape index (κ1) is 12.7. The molecule has 0 amide bonds. The van der Waals surface area contributed by atoms with Crippen LogP contribution in [0.2, 0.25) is 0 Å². The summed E-state index contributed by atoms with van der Waals surface area (Å²) >= 11 is 0. The fraction of sp³-hybridized carbons (Fsp3) is 0.308. The highest BCUT2D eigenvalue weighted by Crippen LogP contribution is 2.22. The molecule has 1 heterocycles. The monoisotopic (exact) mass is 252 g/mol. The summed E-state index contributed by atoms with van der Waals surface area (Å²) in [5.74, 6) is -0.902. The average molecular weight is 252 g/mol. The second-order valence-electron chi connectivity index (χ2n) is 4.02. The van der Waals surface area contributed by atoms with Crippen LogP contribution in [0.1, 0.15) is 19.0 Å². The summed E-state index contributed by atoms with van der Waals surface area (Å²) in [4.78, 5) is 0. The van der Waals surface area contributed by atoms with Crippen molar-refractivity contribution in [2.75, 3.05) is 6.54 Å². The van der Waals surface area contributed by atoms with Gasteiger partial charge in [-0.25, -0.2) is 8.78 Å². The SMILES string of the molecule is CCCNCc1cc(-c2cc(F)cc(F)c2)on1. The van der Waals surface area contributed by atoms with Crippen molar-refractivity contribution in [3.63, 3.8) is 0 Å².